The van der Waals surface area contributed by atoms with Crippen LogP contribution in [0.1, 0.15) is 47.5 Å². The molecule has 0 spiro atoms. The zero-order valence-electron chi connectivity index (χ0n) is 20.0. The van der Waals surface area contributed by atoms with Crippen molar-refractivity contribution in [3.63, 3.8) is 0 Å². The number of carbonyl (C=O) groups excluding carboxylic acids is 2. The van der Waals surface area contributed by atoms with Crippen molar-refractivity contribution in [2.75, 3.05) is 32.2 Å². The van der Waals surface area contributed by atoms with Gasteiger partial charge in [0.1, 0.15) is 6.73 Å². The number of nitrogens with one attached hydrogen (secondary N) is 1. The van der Waals surface area contributed by atoms with Crippen LogP contribution >= 0.6 is 19.4 Å². The molecular formula is C21H31N6O6PS. The van der Waals surface area contributed by atoms with E-state index in [0.29, 0.717) is 44.4 Å². The first-order valence-corrected chi connectivity index (χ1v) is 14.0. The van der Waals surface area contributed by atoms with Gasteiger partial charge in [-0.15, -0.1) is 5.10 Å². The van der Waals surface area contributed by atoms with Crippen LogP contribution in [0.2, 0.25) is 0 Å². The fraction of sp³-hybridized carbons (Fsp3) is 0.476. The lowest BCUT2D eigenvalue weighted by atomic mass is 10.2. The van der Waals surface area contributed by atoms with Crippen molar-refractivity contribution < 1.29 is 27.9 Å². The molecule has 0 saturated carbocycles. The number of aliphatic imine (C=N–C) groups is 1. The number of hydrogen-bond acceptors (Lipinski definition) is 10. The summed E-state index contributed by atoms with van der Waals surface area (Å²) in [4.78, 5) is 28.6. The number of amides is 2. The summed E-state index contributed by atoms with van der Waals surface area (Å²) >= 11 is 1.17. The number of benzene rings is 1. The van der Waals surface area contributed by atoms with Crippen LogP contribution in [-0.4, -0.2) is 64.2 Å². The summed E-state index contributed by atoms with van der Waals surface area (Å²) in [6.07, 6.45) is 3.19. The zero-order chi connectivity index (χ0) is 25.7. The van der Waals surface area contributed by atoms with Gasteiger partial charge in [0.25, 0.3) is 11.8 Å². The van der Waals surface area contributed by atoms with E-state index in [0.717, 1.165) is 0 Å². The monoisotopic (exact) mass is 526 g/mol. The van der Waals surface area contributed by atoms with E-state index in [2.05, 4.69) is 20.6 Å². The number of amidine groups is 1. The summed E-state index contributed by atoms with van der Waals surface area (Å²) in [7, 11) is -3.08. The van der Waals surface area contributed by atoms with Crippen molar-refractivity contribution in [1.82, 2.24) is 20.3 Å². The van der Waals surface area contributed by atoms with Crippen LogP contribution in [0, 0.1) is 0 Å². The normalized spacial score (nSPS) is 12.0. The molecule has 3 N–H and O–H groups in total. The number of nitrogens with two attached hydrogens (primary N) is 1. The highest BCUT2D eigenvalue weighted by Crippen LogP contribution is 2.48. The molecule has 2 amide bonds. The smallest absolute Gasteiger partial charge is 0.330 e. The summed E-state index contributed by atoms with van der Waals surface area (Å²) < 4.78 is 29.9. The Hall–Kier alpha value is -2.57. The van der Waals surface area contributed by atoms with E-state index in [1.54, 1.807) is 50.4 Å². The maximum atomic E-state index is 12.5. The third-order valence-electron chi connectivity index (χ3n) is 4.44. The van der Waals surface area contributed by atoms with Gasteiger partial charge in [-0.1, -0.05) is 35.2 Å². The average molecular weight is 527 g/mol. The third-order valence-corrected chi connectivity index (χ3v) is 7.18. The fourth-order valence-electron chi connectivity index (χ4n) is 2.87. The van der Waals surface area contributed by atoms with Crippen molar-refractivity contribution in [2.45, 2.75) is 33.4 Å². The Kier molecular flexibility index (Phi) is 12.1. The summed E-state index contributed by atoms with van der Waals surface area (Å²) in [6.45, 7) is 4.44. The second-order valence-corrected chi connectivity index (χ2v) is 9.96. The van der Waals surface area contributed by atoms with E-state index >= 15 is 0 Å². The topological polar surface area (TPSA) is 160 Å². The van der Waals surface area contributed by atoms with E-state index in [1.807, 2.05) is 0 Å². The van der Waals surface area contributed by atoms with Crippen LogP contribution < -0.4 is 11.1 Å². The number of thioether (sulfide) groups is 1. The highest BCUT2D eigenvalue weighted by Gasteiger charge is 2.22. The molecule has 14 heteroatoms. The van der Waals surface area contributed by atoms with Crippen LogP contribution in [-0.2, 0) is 25.1 Å². The van der Waals surface area contributed by atoms with Gasteiger partial charge < -0.3 is 24.8 Å². The maximum absolute atomic E-state index is 12.5. The summed E-state index contributed by atoms with van der Waals surface area (Å²) in [5.74, 6) is -1.11. The molecule has 0 radical (unpaired) electrons. The fourth-order valence-corrected chi connectivity index (χ4v) is 4.97. The van der Waals surface area contributed by atoms with Crippen LogP contribution in [0.15, 0.2) is 35.3 Å². The van der Waals surface area contributed by atoms with Gasteiger partial charge in [0.2, 0.25) is 0 Å². The van der Waals surface area contributed by atoms with Gasteiger partial charge in [-0.2, -0.15) is 0 Å². The van der Waals surface area contributed by atoms with E-state index in [4.69, 9.17) is 19.5 Å². The molecule has 0 saturated heterocycles. The molecule has 0 aliphatic rings. The molecule has 0 bridgehead atoms. The Labute approximate surface area is 208 Å². The molecule has 12 nitrogen and oxygen atoms in total. The van der Waals surface area contributed by atoms with Gasteiger partial charge in [0, 0.05) is 12.2 Å². The number of aromatic nitrogens is 3. The van der Waals surface area contributed by atoms with Crippen molar-refractivity contribution in [3.8, 4) is 0 Å². The Bertz CT molecular complexity index is 1040. The number of nitrogens with zero attached hydrogens (tertiary/aromatic N) is 4. The number of ether oxygens (including phenoxy) is 1. The molecule has 192 valence electrons. The molecule has 0 aliphatic heterocycles. The second kappa shape index (κ2) is 14.7. The molecule has 1 heterocycles. The predicted octanol–water partition coefficient (Wildman–Crippen LogP) is 3.18. The quantitative estimate of drug-likeness (QED) is 0.163. The standard InChI is InChI=1S/C21H31N6O6PS/c1-4-32-34(30,33-5-2)14-10-9-13-31-15-27-19(17(18(22)28)25-26-27)23-21(35-3)24-20(29)16-11-7-6-8-12-16/h6-8,11-12H,4-5,9-10,13-15H2,1-3H3,(H2,22,28)(H,23,24,29). The summed E-state index contributed by atoms with van der Waals surface area (Å²) in [5.41, 5.74) is 5.72. The second-order valence-electron chi connectivity index (χ2n) is 6.98. The number of carbonyl (C=O) groups is 2. The van der Waals surface area contributed by atoms with Crippen LogP contribution in [0.25, 0.3) is 0 Å². The summed E-state index contributed by atoms with van der Waals surface area (Å²) in [6, 6.07) is 8.64. The first-order valence-electron chi connectivity index (χ1n) is 11.0. The number of primary amides is 1. The number of unbranched alkanes of at least 4 members (excludes halogenated alkanes) is 1. The highest BCUT2D eigenvalue weighted by atomic mass is 32.2. The minimum atomic E-state index is -3.08. The molecule has 35 heavy (non-hydrogen) atoms. The van der Waals surface area contributed by atoms with Crippen molar-refractivity contribution in [1.29, 1.82) is 0 Å². The first-order chi connectivity index (χ1) is 16.8. The van der Waals surface area contributed by atoms with E-state index < -0.39 is 13.5 Å². The van der Waals surface area contributed by atoms with Gasteiger partial charge >= 0.3 is 7.60 Å². The SMILES string of the molecule is CCOP(=O)(CCCCOCn1nnc(C(N)=O)c1/N=C(/NC(=O)c1ccccc1)SC)OCC. The lowest BCUT2D eigenvalue weighted by Crippen LogP contribution is -2.28. The first kappa shape index (κ1) is 28.7. The number of hydrogen-bond donors (Lipinski definition) is 2. The van der Waals surface area contributed by atoms with Crippen LogP contribution in [0.4, 0.5) is 5.82 Å². The third kappa shape index (κ3) is 9.19. The molecule has 2 rings (SSSR count). The van der Waals surface area contributed by atoms with E-state index in [1.165, 1.54) is 16.4 Å². The van der Waals surface area contributed by atoms with Crippen molar-refractivity contribution in [3.05, 3.63) is 41.6 Å². The van der Waals surface area contributed by atoms with Gasteiger partial charge in [-0.25, -0.2) is 9.67 Å². The molecule has 0 aliphatic carbocycles. The van der Waals surface area contributed by atoms with Crippen LogP contribution in [0.5, 0.6) is 0 Å². The Morgan fingerprint density at radius 2 is 1.86 bits per heavy atom. The van der Waals surface area contributed by atoms with Gasteiger partial charge in [-0.05, 0) is 45.1 Å². The molecule has 2 aromatic rings. The summed E-state index contributed by atoms with van der Waals surface area (Å²) in [5, 5.41) is 10.6. The lowest BCUT2D eigenvalue weighted by molar-refractivity contribution is 0.0666. The minimum Gasteiger partial charge on any atom is -0.364 e. The van der Waals surface area contributed by atoms with Crippen molar-refractivity contribution in [2.24, 2.45) is 10.7 Å². The minimum absolute atomic E-state index is 0.0536. The molecule has 0 atom stereocenters. The largest absolute Gasteiger partial charge is 0.364 e. The average Bonchev–Trinajstić information content (AvgIpc) is 3.24. The molecule has 1 aromatic heterocycles. The van der Waals surface area contributed by atoms with Gasteiger partial charge in [-0.3, -0.25) is 14.2 Å². The maximum Gasteiger partial charge on any atom is 0.330 e. The predicted molar refractivity (Wildman–Crippen MR) is 134 cm³/mol. The molecule has 0 fully saturated rings. The molecular weight excluding hydrogens is 495 g/mol. The molecule has 1 aromatic carbocycles. The lowest BCUT2D eigenvalue weighted by Gasteiger charge is -2.16. The van der Waals surface area contributed by atoms with Gasteiger partial charge in [0.05, 0.1) is 19.4 Å². The van der Waals surface area contributed by atoms with Crippen LogP contribution in [0.3, 0.4) is 0 Å². The van der Waals surface area contributed by atoms with E-state index in [9.17, 15) is 14.2 Å². The Balaban J connectivity index is 2.00. The Morgan fingerprint density at radius 3 is 2.46 bits per heavy atom. The van der Waals surface area contributed by atoms with E-state index in [-0.39, 0.29) is 29.3 Å². The van der Waals surface area contributed by atoms with Gasteiger partial charge in [0.15, 0.2) is 16.7 Å². The highest BCUT2D eigenvalue weighted by molar-refractivity contribution is 8.13. The molecule has 0 unspecified atom stereocenters. The van der Waals surface area contributed by atoms with Crippen molar-refractivity contribution >= 4 is 42.2 Å². The number of rotatable bonds is 14. The zero-order valence-corrected chi connectivity index (χ0v) is 21.7. The Morgan fingerprint density at radius 1 is 1.17 bits per heavy atom.